The third-order valence-electron chi connectivity index (χ3n) is 3.75. The van der Waals surface area contributed by atoms with Gasteiger partial charge in [0.05, 0.1) is 0 Å². The summed E-state index contributed by atoms with van der Waals surface area (Å²) in [6.45, 7) is 1.83. The molecule has 0 unspecified atom stereocenters. The minimum atomic E-state index is -0.770. The van der Waals surface area contributed by atoms with Gasteiger partial charge in [-0.25, -0.2) is 0 Å². The average Bonchev–Trinajstić information content (AvgIpc) is 2.45. The number of phenolic OH excluding ortho intramolecular Hbond substituents is 2. The third-order valence-corrected chi connectivity index (χ3v) is 3.75. The highest BCUT2D eigenvalue weighted by molar-refractivity contribution is 5.76. The van der Waals surface area contributed by atoms with Crippen LogP contribution in [0.5, 0.6) is 11.5 Å². The van der Waals surface area contributed by atoms with Crippen molar-refractivity contribution in [2.24, 2.45) is 5.73 Å². The van der Waals surface area contributed by atoms with Gasteiger partial charge < -0.3 is 25.6 Å². The largest absolute Gasteiger partial charge is 0.504 e. The van der Waals surface area contributed by atoms with E-state index in [1.165, 1.54) is 12.1 Å². The highest BCUT2D eigenvalue weighted by atomic mass is 16.5. The molecule has 6 nitrogen and oxygen atoms in total. The summed E-state index contributed by atoms with van der Waals surface area (Å²) in [6, 6.07) is 3.63. The van der Waals surface area contributed by atoms with Crippen LogP contribution in [0.2, 0.25) is 0 Å². The first-order valence-electron chi connectivity index (χ1n) is 7.11. The fourth-order valence-electron chi connectivity index (χ4n) is 2.39. The van der Waals surface area contributed by atoms with Crippen LogP contribution in [0.15, 0.2) is 18.2 Å². The summed E-state index contributed by atoms with van der Waals surface area (Å²) in [5.74, 6) is -0.832. The molecule has 1 aliphatic heterocycles. The van der Waals surface area contributed by atoms with E-state index < -0.39 is 12.0 Å². The van der Waals surface area contributed by atoms with Crippen LogP contribution in [0.3, 0.4) is 0 Å². The van der Waals surface area contributed by atoms with Crippen LogP contribution in [0, 0.1) is 0 Å². The molecule has 0 aromatic heterocycles. The van der Waals surface area contributed by atoms with E-state index in [0.29, 0.717) is 5.56 Å². The summed E-state index contributed by atoms with van der Waals surface area (Å²) in [7, 11) is 2.04. The Morgan fingerprint density at radius 2 is 2.05 bits per heavy atom. The monoisotopic (exact) mass is 294 g/mol. The van der Waals surface area contributed by atoms with Crippen LogP contribution in [0.4, 0.5) is 0 Å². The molecule has 4 N–H and O–H groups in total. The molecule has 2 rings (SSSR count). The molecule has 1 saturated heterocycles. The Morgan fingerprint density at radius 3 is 2.67 bits per heavy atom. The second-order valence-corrected chi connectivity index (χ2v) is 5.57. The molecule has 1 aromatic carbocycles. The Labute approximate surface area is 124 Å². The maximum absolute atomic E-state index is 12.0. The van der Waals surface area contributed by atoms with Gasteiger partial charge in [0.1, 0.15) is 12.1 Å². The first kappa shape index (κ1) is 15.6. The molecule has 0 bridgehead atoms. The SMILES string of the molecule is CN1CCC(OC(=O)[C@@H](N)Cc2ccc(O)c(O)c2)CC1. The summed E-state index contributed by atoms with van der Waals surface area (Å²) < 4.78 is 5.43. The number of esters is 1. The summed E-state index contributed by atoms with van der Waals surface area (Å²) in [5, 5.41) is 18.7. The van der Waals surface area contributed by atoms with Gasteiger partial charge in [0, 0.05) is 13.1 Å². The molecule has 0 spiro atoms. The molecule has 0 aliphatic carbocycles. The normalized spacial score (nSPS) is 18.4. The van der Waals surface area contributed by atoms with Crippen LogP contribution < -0.4 is 5.73 Å². The van der Waals surface area contributed by atoms with Crippen molar-refractivity contribution in [2.75, 3.05) is 20.1 Å². The molecule has 116 valence electrons. The Morgan fingerprint density at radius 1 is 1.38 bits per heavy atom. The molecule has 1 heterocycles. The van der Waals surface area contributed by atoms with Gasteiger partial charge in [-0.2, -0.15) is 0 Å². The van der Waals surface area contributed by atoms with Crippen molar-refractivity contribution in [1.82, 2.24) is 4.90 Å². The van der Waals surface area contributed by atoms with Crippen LogP contribution in [-0.4, -0.2) is 53.4 Å². The lowest BCUT2D eigenvalue weighted by atomic mass is 10.1. The number of nitrogens with zero attached hydrogens (tertiary/aromatic N) is 1. The Hall–Kier alpha value is -1.79. The van der Waals surface area contributed by atoms with Gasteiger partial charge in [0.15, 0.2) is 11.5 Å². The van der Waals surface area contributed by atoms with E-state index in [0.717, 1.165) is 25.9 Å². The lowest BCUT2D eigenvalue weighted by molar-refractivity contribution is -0.152. The van der Waals surface area contributed by atoms with E-state index in [2.05, 4.69) is 4.90 Å². The Balaban J connectivity index is 1.86. The van der Waals surface area contributed by atoms with Crippen molar-refractivity contribution < 1.29 is 19.7 Å². The van der Waals surface area contributed by atoms with Gasteiger partial charge in [-0.3, -0.25) is 4.79 Å². The van der Waals surface area contributed by atoms with Crippen molar-refractivity contribution in [2.45, 2.75) is 31.4 Å². The van der Waals surface area contributed by atoms with Crippen LogP contribution in [0.1, 0.15) is 18.4 Å². The highest BCUT2D eigenvalue weighted by Crippen LogP contribution is 2.25. The molecular weight excluding hydrogens is 272 g/mol. The van der Waals surface area contributed by atoms with Gasteiger partial charge in [0.25, 0.3) is 0 Å². The molecule has 1 aliphatic rings. The number of piperidine rings is 1. The predicted molar refractivity (Wildman–Crippen MR) is 78.1 cm³/mol. The van der Waals surface area contributed by atoms with Crippen LogP contribution in [-0.2, 0) is 16.0 Å². The van der Waals surface area contributed by atoms with Crippen molar-refractivity contribution in [1.29, 1.82) is 0 Å². The number of carbonyl (C=O) groups excluding carboxylic acids is 1. The first-order chi connectivity index (χ1) is 9.95. The Bertz CT molecular complexity index is 498. The molecule has 1 aromatic rings. The number of likely N-dealkylation sites (tertiary alicyclic amines) is 1. The second-order valence-electron chi connectivity index (χ2n) is 5.57. The van der Waals surface area contributed by atoms with Crippen molar-refractivity contribution in [3.8, 4) is 11.5 Å². The molecule has 1 atom stereocenters. The zero-order valence-corrected chi connectivity index (χ0v) is 12.2. The third kappa shape index (κ3) is 4.34. The second kappa shape index (κ2) is 6.78. The molecule has 0 radical (unpaired) electrons. The zero-order valence-electron chi connectivity index (χ0n) is 12.2. The number of aromatic hydroxyl groups is 2. The topological polar surface area (TPSA) is 96.0 Å². The number of nitrogens with two attached hydrogens (primary N) is 1. The molecule has 0 amide bonds. The summed E-state index contributed by atoms with van der Waals surface area (Å²) >= 11 is 0. The van der Waals surface area contributed by atoms with E-state index in [9.17, 15) is 15.0 Å². The maximum atomic E-state index is 12.0. The maximum Gasteiger partial charge on any atom is 0.323 e. The van der Waals surface area contributed by atoms with Gasteiger partial charge in [0.2, 0.25) is 0 Å². The number of hydrogen-bond acceptors (Lipinski definition) is 6. The molecular formula is C15H22N2O4. The average molecular weight is 294 g/mol. The molecule has 1 fully saturated rings. The fourth-order valence-corrected chi connectivity index (χ4v) is 2.39. The van der Waals surface area contributed by atoms with Gasteiger partial charge in [-0.05, 0) is 44.0 Å². The predicted octanol–water partition coefficient (Wildman–Crippen LogP) is 0.605. The number of carbonyl (C=O) groups is 1. The summed E-state index contributed by atoms with van der Waals surface area (Å²) in [5.41, 5.74) is 6.53. The van der Waals surface area contributed by atoms with Crippen molar-refractivity contribution in [3.63, 3.8) is 0 Å². The van der Waals surface area contributed by atoms with E-state index >= 15 is 0 Å². The molecule has 6 heteroatoms. The fraction of sp³-hybridized carbons (Fsp3) is 0.533. The summed E-state index contributed by atoms with van der Waals surface area (Å²) in [4.78, 5) is 14.2. The number of rotatable bonds is 4. The zero-order chi connectivity index (χ0) is 15.4. The smallest absolute Gasteiger partial charge is 0.323 e. The van der Waals surface area contributed by atoms with E-state index in [1.54, 1.807) is 6.07 Å². The minimum Gasteiger partial charge on any atom is -0.504 e. The summed E-state index contributed by atoms with van der Waals surface area (Å²) in [6.07, 6.45) is 1.86. The van der Waals surface area contributed by atoms with E-state index in [-0.39, 0.29) is 24.0 Å². The number of benzene rings is 1. The van der Waals surface area contributed by atoms with E-state index in [4.69, 9.17) is 10.5 Å². The van der Waals surface area contributed by atoms with Crippen LogP contribution >= 0.6 is 0 Å². The highest BCUT2D eigenvalue weighted by Gasteiger charge is 2.23. The minimum absolute atomic E-state index is 0.0621. The van der Waals surface area contributed by atoms with Crippen molar-refractivity contribution in [3.05, 3.63) is 23.8 Å². The number of phenols is 2. The quantitative estimate of drug-likeness (QED) is 0.556. The van der Waals surface area contributed by atoms with Gasteiger partial charge >= 0.3 is 5.97 Å². The Kier molecular flexibility index (Phi) is 5.03. The molecule has 21 heavy (non-hydrogen) atoms. The van der Waals surface area contributed by atoms with Gasteiger partial charge in [-0.1, -0.05) is 6.07 Å². The van der Waals surface area contributed by atoms with Gasteiger partial charge in [-0.15, -0.1) is 0 Å². The van der Waals surface area contributed by atoms with E-state index in [1.807, 2.05) is 7.05 Å². The van der Waals surface area contributed by atoms with Crippen molar-refractivity contribution >= 4 is 5.97 Å². The first-order valence-corrected chi connectivity index (χ1v) is 7.11. The number of hydrogen-bond donors (Lipinski definition) is 3. The lowest BCUT2D eigenvalue weighted by Crippen LogP contribution is -2.40. The molecule has 0 saturated carbocycles. The van der Waals surface area contributed by atoms with Crippen LogP contribution in [0.25, 0.3) is 0 Å². The number of ether oxygens (including phenoxy) is 1. The standard InChI is InChI=1S/C15H22N2O4/c1-17-6-4-11(5-7-17)21-15(20)12(16)8-10-2-3-13(18)14(19)9-10/h2-3,9,11-12,18-19H,4-8,16H2,1H3/t12-/m0/s1. The lowest BCUT2D eigenvalue weighted by Gasteiger charge is -2.29.